The number of carbonyl (C=O) groups is 1. The number of carbonyl (C=O) groups excluding carboxylic acids is 1. The fraction of sp³-hybridized carbons (Fsp3) is 0.381. The lowest BCUT2D eigenvalue weighted by Gasteiger charge is -2.34. The highest BCUT2D eigenvalue weighted by atomic mass is 19.4. The van der Waals surface area contributed by atoms with Crippen LogP contribution in [0.4, 0.5) is 22.0 Å². The first-order chi connectivity index (χ1) is 14.7. The summed E-state index contributed by atoms with van der Waals surface area (Å²) in [6, 6.07) is 8.34. The zero-order chi connectivity index (χ0) is 22.4. The average molecular weight is 444 g/mol. The van der Waals surface area contributed by atoms with E-state index in [0.29, 0.717) is 38.3 Å². The molecule has 1 aliphatic heterocycles. The van der Waals surface area contributed by atoms with E-state index in [1.54, 1.807) is 4.90 Å². The Hall–Kier alpha value is -2.88. The van der Waals surface area contributed by atoms with Gasteiger partial charge in [0.1, 0.15) is 18.2 Å². The van der Waals surface area contributed by atoms with Crippen molar-refractivity contribution in [3.05, 3.63) is 59.7 Å². The van der Waals surface area contributed by atoms with Crippen LogP contribution in [0.2, 0.25) is 0 Å². The van der Waals surface area contributed by atoms with Crippen molar-refractivity contribution < 1.29 is 36.2 Å². The minimum Gasteiger partial charge on any atom is -0.489 e. The lowest BCUT2D eigenvalue weighted by Crippen LogP contribution is -2.49. The molecule has 168 valence electrons. The first-order valence-corrected chi connectivity index (χ1v) is 9.62. The van der Waals surface area contributed by atoms with Crippen molar-refractivity contribution in [2.45, 2.75) is 12.8 Å². The maximum atomic E-state index is 13.6. The fourth-order valence-electron chi connectivity index (χ4n) is 3.19. The van der Waals surface area contributed by atoms with Crippen molar-refractivity contribution in [1.82, 2.24) is 9.80 Å². The van der Waals surface area contributed by atoms with Crippen LogP contribution < -0.4 is 9.47 Å². The van der Waals surface area contributed by atoms with Gasteiger partial charge in [-0.15, -0.1) is 13.2 Å². The van der Waals surface area contributed by atoms with E-state index in [4.69, 9.17) is 4.74 Å². The third-order valence-corrected chi connectivity index (χ3v) is 4.80. The van der Waals surface area contributed by atoms with Gasteiger partial charge in [-0.25, -0.2) is 8.78 Å². The van der Waals surface area contributed by atoms with Crippen molar-refractivity contribution in [3.63, 3.8) is 0 Å². The molecule has 1 heterocycles. The zero-order valence-corrected chi connectivity index (χ0v) is 16.5. The van der Waals surface area contributed by atoms with Crippen LogP contribution in [0, 0.1) is 11.6 Å². The molecule has 5 nitrogen and oxygen atoms in total. The van der Waals surface area contributed by atoms with Crippen molar-refractivity contribution in [2.24, 2.45) is 0 Å². The molecule has 0 N–H and O–H groups in total. The number of alkyl halides is 3. The highest BCUT2D eigenvalue weighted by Crippen LogP contribution is 2.23. The van der Waals surface area contributed by atoms with Crippen LogP contribution in [0.1, 0.15) is 5.56 Å². The largest absolute Gasteiger partial charge is 0.573 e. The summed E-state index contributed by atoms with van der Waals surface area (Å²) in [7, 11) is 0. The molecule has 0 saturated carbocycles. The molecule has 1 aliphatic rings. The van der Waals surface area contributed by atoms with Gasteiger partial charge in [0, 0.05) is 38.8 Å². The Morgan fingerprint density at radius 3 is 2.26 bits per heavy atom. The highest BCUT2D eigenvalue weighted by Gasteiger charge is 2.31. The molecule has 2 aromatic rings. The smallest absolute Gasteiger partial charge is 0.489 e. The molecule has 0 atom stereocenters. The van der Waals surface area contributed by atoms with Crippen LogP contribution in [-0.2, 0) is 11.2 Å². The Kier molecular flexibility index (Phi) is 7.32. The summed E-state index contributed by atoms with van der Waals surface area (Å²) >= 11 is 0. The molecule has 1 amide bonds. The average Bonchev–Trinajstić information content (AvgIpc) is 2.70. The SMILES string of the molecule is O=C(Cc1ccc(OC(F)(F)F)cc1)N1CCN(CCOc2ccc(F)cc2F)CC1. The van der Waals surface area contributed by atoms with Gasteiger partial charge in [-0.3, -0.25) is 9.69 Å². The van der Waals surface area contributed by atoms with Gasteiger partial charge in [0.15, 0.2) is 11.6 Å². The predicted molar refractivity (Wildman–Crippen MR) is 102 cm³/mol. The molecular weight excluding hydrogens is 423 g/mol. The zero-order valence-electron chi connectivity index (χ0n) is 16.5. The van der Waals surface area contributed by atoms with Crippen LogP contribution >= 0.6 is 0 Å². The molecule has 0 unspecified atom stereocenters. The first-order valence-electron chi connectivity index (χ1n) is 9.62. The molecule has 0 aliphatic carbocycles. The van der Waals surface area contributed by atoms with Gasteiger partial charge in [-0.2, -0.15) is 0 Å². The van der Waals surface area contributed by atoms with Gasteiger partial charge < -0.3 is 14.4 Å². The van der Waals surface area contributed by atoms with Gasteiger partial charge in [0.25, 0.3) is 0 Å². The second-order valence-electron chi connectivity index (χ2n) is 7.01. The number of ether oxygens (including phenoxy) is 2. The molecule has 0 bridgehead atoms. The van der Waals surface area contributed by atoms with E-state index >= 15 is 0 Å². The molecule has 1 saturated heterocycles. The molecule has 2 aromatic carbocycles. The number of piperazine rings is 1. The summed E-state index contributed by atoms with van der Waals surface area (Å²) in [5.74, 6) is -1.89. The van der Waals surface area contributed by atoms with E-state index in [1.165, 1.54) is 30.3 Å². The Labute approximate surface area is 176 Å². The minimum atomic E-state index is -4.75. The maximum Gasteiger partial charge on any atom is 0.573 e. The van der Waals surface area contributed by atoms with E-state index in [1.807, 2.05) is 0 Å². The van der Waals surface area contributed by atoms with Crippen molar-refractivity contribution in [2.75, 3.05) is 39.3 Å². The van der Waals surface area contributed by atoms with E-state index < -0.39 is 18.0 Å². The topological polar surface area (TPSA) is 42.0 Å². The van der Waals surface area contributed by atoms with Gasteiger partial charge in [-0.05, 0) is 29.8 Å². The standard InChI is InChI=1S/C21H21F5N2O3/c22-16-3-6-19(18(23)14-16)30-12-11-27-7-9-28(10-8-27)20(29)13-15-1-4-17(5-2-15)31-21(24,25)26/h1-6,14H,7-13H2. The molecule has 3 rings (SSSR count). The van der Waals surface area contributed by atoms with E-state index in [-0.39, 0.29) is 30.4 Å². The summed E-state index contributed by atoms with van der Waals surface area (Å²) in [6.45, 7) is 2.97. The summed E-state index contributed by atoms with van der Waals surface area (Å²) in [4.78, 5) is 16.2. The van der Waals surface area contributed by atoms with E-state index in [0.717, 1.165) is 12.1 Å². The number of rotatable bonds is 7. The number of hydrogen-bond donors (Lipinski definition) is 0. The van der Waals surface area contributed by atoms with Crippen LogP contribution in [0.3, 0.4) is 0 Å². The van der Waals surface area contributed by atoms with Crippen molar-refractivity contribution >= 4 is 5.91 Å². The molecule has 1 fully saturated rings. The van der Waals surface area contributed by atoms with E-state index in [2.05, 4.69) is 9.64 Å². The molecule has 10 heteroatoms. The maximum absolute atomic E-state index is 13.6. The number of benzene rings is 2. The van der Waals surface area contributed by atoms with Crippen LogP contribution in [-0.4, -0.2) is 61.4 Å². The van der Waals surface area contributed by atoms with Crippen LogP contribution in [0.5, 0.6) is 11.5 Å². The van der Waals surface area contributed by atoms with E-state index in [9.17, 15) is 26.7 Å². The minimum absolute atomic E-state index is 0.0122. The van der Waals surface area contributed by atoms with Gasteiger partial charge in [-0.1, -0.05) is 12.1 Å². The molecule has 0 radical (unpaired) electrons. The Bertz CT molecular complexity index is 882. The Morgan fingerprint density at radius 2 is 1.65 bits per heavy atom. The summed E-state index contributed by atoms with van der Waals surface area (Å²) < 4.78 is 72.2. The summed E-state index contributed by atoms with van der Waals surface area (Å²) in [5.41, 5.74) is 0.594. The number of nitrogens with zero attached hydrogens (tertiary/aromatic N) is 2. The highest BCUT2D eigenvalue weighted by molar-refractivity contribution is 5.79. The van der Waals surface area contributed by atoms with Gasteiger partial charge in [0.05, 0.1) is 6.42 Å². The third kappa shape index (κ3) is 7.09. The molecule has 0 spiro atoms. The van der Waals surface area contributed by atoms with Crippen LogP contribution in [0.25, 0.3) is 0 Å². The Morgan fingerprint density at radius 1 is 0.968 bits per heavy atom. The molecular formula is C21H21F5N2O3. The fourth-order valence-corrected chi connectivity index (χ4v) is 3.19. The Balaban J connectivity index is 1.39. The van der Waals surface area contributed by atoms with Gasteiger partial charge >= 0.3 is 6.36 Å². The van der Waals surface area contributed by atoms with Crippen molar-refractivity contribution in [3.8, 4) is 11.5 Å². The first kappa shape index (κ1) is 22.8. The molecule has 31 heavy (non-hydrogen) atoms. The third-order valence-electron chi connectivity index (χ3n) is 4.80. The quantitative estimate of drug-likeness (QED) is 0.612. The second kappa shape index (κ2) is 9.95. The molecule has 0 aromatic heterocycles. The monoisotopic (exact) mass is 444 g/mol. The summed E-state index contributed by atoms with van der Waals surface area (Å²) in [6.07, 6.45) is -4.67. The number of halogens is 5. The number of amides is 1. The van der Waals surface area contributed by atoms with Crippen LogP contribution in [0.15, 0.2) is 42.5 Å². The number of hydrogen-bond acceptors (Lipinski definition) is 4. The normalized spacial score (nSPS) is 15.1. The second-order valence-corrected chi connectivity index (χ2v) is 7.01. The van der Waals surface area contributed by atoms with Crippen molar-refractivity contribution in [1.29, 1.82) is 0 Å². The van der Waals surface area contributed by atoms with Gasteiger partial charge in [0.2, 0.25) is 5.91 Å². The lowest BCUT2D eigenvalue weighted by atomic mass is 10.1. The predicted octanol–water partition coefficient (Wildman–Crippen LogP) is 3.63. The summed E-state index contributed by atoms with van der Waals surface area (Å²) in [5, 5.41) is 0. The lowest BCUT2D eigenvalue weighted by molar-refractivity contribution is -0.274.